The van der Waals surface area contributed by atoms with Crippen LogP contribution in [0, 0.1) is 0 Å². The Morgan fingerprint density at radius 3 is 2.94 bits per heavy atom. The molecule has 2 aromatic heterocycles. The Balaban J connectivity index is 2.06. The fraction of sp³-hybridized carbons (Fsp3) is 0.0909. The first-order chi connectivity index (χ1) is 7.84. The molecule has 0 aliphatic rings. The van der Waals surface area contributed by atoms with Gasteiger partial charge in [-0.1, -0.05) is 22.7 Å². The normalized spacial score (nSPS) is 13.1. The molecular formula is C11H9N3OS. The Kier molecular flexibility index (Phi) is 2.19. The summed E-state index contributed by atoms with van der Waals surface area (Å²) in [5, 5.41) is 6.83. The molecule has 1 unspecified atom stereocenters. The van der Waals surface area contributed by atoms with E-state index in [9.17, 15) is 0 Å². The summed E-state index contributed by atoms with van der Waals surface area (Å²) in [4.78, 5) is 0. The smallest absolute Gasteiger partial charge is 0.134 e. The van der Waals surface area contributed by atoms with Gasteiger partial charge in [-0.15, -0.1) is 5.10 Å². The second-order valence-electron chi connectivity index (χ2n) is 3.49. The molecule has 0 spiro atoms. The van der Waals surface area contributed by atoms with Gasteiger partial charge in [0.05, 0.1) is 5.69 Å². The maximum Gasteiger partial charge on any atom is 0.134 e. The standard InChI is InChI=1S/C11H9N3OS/c12-11(8-6-16-14-13-8)10-5-7-3-1-2-4-9(7)15-10/h1-6,11H,12H2. The summed E-state index contributed by atoms with van der Waals surface area (Å²) in [6.07, 6.45) is 0. The number of fused-ring (bicyclic) bond motifs is 1. The van der Waals surface area contributed by atoms with Gasteiger partial charge in [0.15, 0.2) is 0 Å². The minimum Gasteiger partial charge on any atom is -0.459 e. The van der Waals surface area contributed by atoms with Gasteiger partial charge in [-0.25, -0.2) is 0 Å². The van der Waals surface area contributed by atoms with Crippen LogP contribution in [0.2, 0.25) is 0 Å². The maximum atomic E-state index is 6.04. The predicted octanol–water partition coefficient (Wildman–Crippen LogP) is 2.33. The Bertz CT molecular complexity index is 570. The van der Waals surface area contributed by atoms with Crippen molar-refractivity contribution < 1.29 is 4.42 Å². The van der Waals surface area contributed by atoms with Crippen molar-refractivity contribution in [3.05, 3.63) is 47.2 Å². The van der Waals surface area contributed by atoms with E-state index in [2.05, 4.69) is 9.59 Å². The zero-order chi connectivity index (χ0) is 11.0. The van der Waals surface area contributed by atoms with Crippen molar-refractivity contribution >= 4 is 22.5 Å². The monoisotopic (exact) mass is 231 g/mol. The number of nitrogens with two attached hydrogens (primary N) is 1. The second-order valence-corrected chi connectivity index (χ2v) is 4.10. The molecule has 80 valence electrons. The van der Waals surface area contributed by atoms with Crippen molar-refractivity contribution in [1.82, 2.24) is 9.59 Å². The van der Waals surface area contributed by atoms with Crippen molar-refractivity contribution in [2.24, 2.45) is 5.73 Å². The quantitative estimate of drug-likeness (QED) is 0.735. The van der Waals surface area contributed by atoms with E-state index in [0.29, 0.717) is 5.76 Å². The third-order valence-electron chi connectivity index (χ3n) is 2.45. The Hall–Kier alpha value is -1.72. The average molecular weight is 231 g/mol. The van der Waals surface area contributed by atoms with Crippen LogP contribution in [0.3, 0.4) is 0 Å². The molecule has 16 heavy (non-hydrogen) atoms. The molecule has 0 saturated heterocycles. The maximum absolute atomic E-state index is 6.04. The molecule has 2 N–H and O–H groups in total. The van der Waals surface area contributed by atoms with E-state index in [-0.39, 0.29) is 6.04 Å². The highest BCUT2D eigenvalue weighted by atomic mass is 32.1. The molecule has 5 heteroatoms. The number of furan rings is 1. The fourth-order valence-corrected chi connectivity index (χ4v) is 2.10. The van der Waals surface area contributed by atoms with E-state index in [1.807, 2.05) is 35.7 Å². The van der Waals surface area contributed by atoms with Gasteiger partial charge in [0.1, 0.15) is 17.4 Å². The van der Waals surface area contributed by atoms with Gasteiger partial charge < -0.3 is 10.2 Å². The summed E-state index contributed by atoms with van der Waals surface area (Å²) in [5.41, 5.74) is 7.62. The predicted molar refractivity (Wildman–Crippen MR) is 62.2 cm³/mol. The molecular weight excluding hydrogens is 222 g/mol. The average Bonchev–Trinajstić information content (AvgIpc) is 2.97. The van der Waals surface area contributed by atoms with E-state index in [0.717, 1.165) is 16.7 Å². The van der Waals surface area contributed by atoms with Gasteiger partial charge in [-0.2, -0.15) is 0 Å². The largest absolute Gasteiger partial charge is 0.459 e. The van der Waals surface area contributed by atoms with Crippen molar-refractivity contribution in [3.63, 3.8) is 0 Å². The lowest BCUT2D eigenvalue weighted by molar-refractivity contribution is 0.520. The SMILES string of the molecule is NC(c1csnn1)c1cc2ccccc2o1. The van der Waals surface area contributed by atoms with Gasteiger partial charge in [0, 0.05) is 10.8 Å². The lowest BCUT2D eigenvalue weighted by atomic mass is 10.2. The van der Waals surface area contributed by atoms with Crippen LogP contribution in [-0.4, -0.2) is 9.59 Å². The number of aromatic nitrogens is 2. The number of hydrogen-bond donors (Lipinski definition) is 1. The Morgan fingerprint density at radius 2 is 2.19 bits per heavy atom. The molecule has 0 fully saturated rings. The van der Waals surface area contributed by atoms with Crippen molar-refractivity contribution in [2.45, 2.75) is 6.04 Å². The topological polar surface area (TPSA) is 64.9 Å². The van der Waals surface area contributed by atoms with Crippen LogP contribution in [-0.2, 0) is 0 Å². The third-order valence-corrected chi connectivity index (χ3v) is 2.97. The molecule has 1 atom stereocenters. The van der Waals surface area contributed by atoms with Crippen LogP contribution >= 0.6 is 11.5 Å². The highest BCUT2D eigenvalue weighted by Gasteiger charge is 2.16. The molecule has 4 nitrogen and oxygen atoms in total. The van der Waals surface area contributed by atoms with Crippen LogP contribution in [0.15, 0.2) is 40.1 Å². The summed E-state index contributed by atoms with van der Waals surface area (Å²) in [5.74, 6) is 0.717. The van der Waals surface area contributed by atoms with E-state index in [1.165, 1.54) is 11.5 Å². The molecule has 3 rings (SSSR count). The summed E-state index contributed by atoms with van der Waals surface area (Å²) < 4.78 is 9.46. The molecule has 0 aliphatic carbocycles. The number of benzene rings is 1. The molecule has 0 bridgehead atoms. The van der Waals surface area contributed by atoms with E-state index < -0.39 is 0 Å². The Labute approximate surface area is 95.9 Å². The molecule has 2 heterocycles. The summed E-state index contributed by atoms with van der Waals surface area (Å²) in [7, 11) is 0. The van der Waals surface area contributed by atoms with Crippen LogP contribution in [0.5, 0.6) is 0 Å². The van der Waals surface area contributed by atoms with Gasteiger partial charge in [0.2, 0.25) is 0 Å². The third kappa shape index (κ3) is 1.50. The minimum atomic E-state index is -0.342. The highest BCUT2D eigenvalue weighted by Crippen LogP contribution is 2.25. The van der Waals surface area contributed by atoms with E-state index in [4.69, 9.17) is 10.2 Å². The molecule has 0 radical (unpaired) electrons. The van der Waals surface area contributed by atoms with Gasteiger partial charge in [-0.05, 0) is 23.7 Å². The Morgan fingerprint density at radius 1 is 1.31 bits per heavy atom. The molecule has 0 aliphatic heterocycles. The highest BCUT2D eigenvalue weighted by molar-refractivity contribution is 7.03. The van der Waals surface area contributed by atoms with Crippen LogP contribution in [0.4, 0.5) is 0 Å². The zero-order valence-corrected chi connectivity index (χ0v) is 9.15. The number of rotatable bonds is 2. The lowest BCUT2D eigenvalue weighted by Crippen LogP contribution is -2.11. The van der Waals surface area contributed by atoms with Gasteiger partial charge in [-0.3, -0.25) is 0 Å². The first kappa shape index (κ1) is 9.50. The molecule has 3 aromatic rings. The summed E-state index contributed by atoms with van der Waals surface area (Å²) >= 11 is 1.29. The summed E-state index contributed by atoms with van der Waals surface area (Å²) in [6, 6.07) is 9.42. The minimum absolute atomic E-state index is 0.342. The number of para-hydroxylation sites is 1. The molecule has 1 aromatic carbocycles. The van der Waals surface area contributed by atoms with E-state index >= 15 is 0 Å². The lowest BCUT2D eigenvalue weighted by Gasteiger charge is -2.02. The zero-order valence-electron chi connectivity index (χ0n) is 8.33. The van der Waals surface area contributed by atoms with Gasteiger partial charge >= 0.3 is 0 Å². The fourth-order valence-electron chi connectivity index (χ4n) is 1.61. The van der Waals surface area contributed by atoms with Crippen LogP contribution in [0.1, 0.15) is 17.5 Å². The first-order valence-electron chi connectivity index (χ1n) is 4.85. The van der Waals surface area contributed by atoms with Gasteiger partial charge in [0.25, 0.3) is 0 Å². The van der Waals surface area contributed by atoms with Crippen molar-refractivity contribution in [2.75, 3.05) is 0 Å². The first-order valence-corrected chi connectivity index (χ1v) is 5.69. The van der Waals surface area contributed by atoms with Crippen LogP contribution < -0.4 is 5.73 Å². The summed E-state index contributed by atoms with van der Waals surface area (Å²) in [6.45, 7) is 0. The van der Waals surface area contributed by atoms with Crippen molar-refractivity contribution in [1.29, 1.82) is 0 Å². The molecule has 0 saturated carbocycles. The van der Waals surface area contributed by atoms with Crippen LogP contribution in [0.25, 0.3) is 11.0 Å². The molecule has 0 amide bonds. The number of hydrogen-bond acceptors (Lipinski definition) is 5. The van der Waals surface area contributed by atoms with Crippen molar-refractivity contribution in [3.8, 4) is 0 Å². The second kappa shape index (κ2) is 3.70. The number of nitrogens with zero attached hydrogens (tertiary/aromatic N) is 2. The van der Waals surface area contributed by atoms with E-state index in [1.54, 1.807) is 0 Å².